The van der Waals surface area contributed by atoms with E-state index in [0.29, 0.717) is 6.42 Å². The lowest BCUT2D eigenvalue weighted by molar-refractivity contribution is -0.122. The molecular formula is C27H29NOS. The Bertz CT molecular complexity index is 1160. The van der Waals surface area contributed by atoms with Crippen LogP contribution in [-0.4, -0.2) is 12.0 Å². The molecular weight excluding hydrogens is 386 g/mol. The highest BCUT2D eigenvalue weighted by Crippen LogP contribution is 2.32. The van der Waals surface area contributed by atoms with Gasteiger partial charge in [-0.2, -0.15) is 0 Å². The molecule has 0 atom stereocenters. The fourth-order valence-corrected chi connectivity index (χ4v) is 4.63. The van der Waals surface area contributed by atoms with Crippen LogP contribution in [0.25, 0.3) is 15.7 Å². The molecule has 0 saturated heterocycles. The van der Waals surface area contributed by atoms with Crippen LogP contribution in [0.2, 0.25) is 0 Å². The molecule has 0 spiro atoms. The number of thiophene rings is 1. The van der Waals surface area contributed by atoms with Crippen molar-refractivity contribution >= 4 is 39.0 Å². The second kappa shape index (κ2) is 8.93. The van der Waals surface area contributed by atoms with E-state index in [9.17, 15) is 4.79 Å². The lowest BCUT2D eigenvalue weighted by Gasteiger charge is -2.26. The molecule has 2 nitrogen and oxygen atoms in total. The van der Waals surface area contributed by atoms with Crippen LogP contribution in [0.5, 0.6) is 0 Å². The molecule has 0 radical (unpaired) electrons. The third-order valence-electron chi connectivity index (χ3n) is 5.60. The van der Waals surface area contributed by atoms with E-state index in [2.05, 4.69) is 60.3 Å². The van der Waals surface area contributed by atoms with Crippen molar-refractivity contribution in [1.29, 1.82) is 0 Å². The van der Waals surface area contributed by atoms with Crippen molar-refractivity contribution in [2.45, 2.75) is 46.5 Å². The predicted molar refractivity (Wildman–Crippen MR) is 132 cm³/mol. The molecule has 1 heterocycles. The maximum absolute atomic E-state index is 13.4. The van der Waals surface area contributed by atoms with Crippen molar-refractivity contribution in [3.05, 3.63) is 88.5 Å². The van der Waals surface area contributed by atoms with Crippen molar-refractivity contribution in [2.75, 3.05) is 0 Å². The van der Waals surface area contributed by atoms with Gasteiger partial charge < -0.3 is 0 Å². The van der Waals surface area contributed by atoms with Gasteiger partial charge in [0.05, 0.1) is 0 Å². The van der Waals surface area contributed by atoms with Crippen LogP contribution in [0.4, 0.5) is 0 Å². The highest BCUT2D eigenvalue weighted by Gasteiger charge is 2.31. The summed E-state index contributed by atoms with van der Waals surface area (Å²) < 4.78 is 1.23. The molecule has 0 aliphatic heterocycles. The zero-order chi connectivity index (χ0) is 21.9. The highest BCUT2D eigenvalue weighted by atomic mass is 32.1. The Kier molecular flexibility index (Phi) is 6.52. The summed E-state index contributed by atoms with van der Waals surface area (Å²) in [5.41, 5.74) is 5.63. The van der Waals surface area contributed by atoms with Gasteiger partial charge in [0, 0.05) is 28.4 Å². The first-order valence-electron chi connectivity index (χ1n) is 10.2. The van der Waals surface area contributed by atoms with Crippen molar-refractivity contribution < 1.29 is 4.79 Å². The number of aryl methyl sites for hydroxylation is 1. The van der Waals surface area contributed by atoms with E-state index in [1.165, 1.54) is 10.1 Å². The number of Topliss-reactive ketones (excluding diaryl/α,β-unsaturated/α-hetero) is 1. The average Bonchev–Trinajstić information content (AvgIpc) is 3.18. The Morgan fingerprint density at radius 3 is 2.63 bits per heavy atom. The summed E-state index contributed by atoms with van der Waals surface area (Å²) in [7, 11) is 0. The van der Waals surface area contributed by atoms with Gasteiger partial charge in [-0.3, -0.25) is 9.79 Å². The second-order valence-corrected chi connectivity index (χ2v) is 9.19. The molecule has 0 aliphatic rings. The summed E-state index contributed by atoms with van der Waals surface area (Å²) >= 11 is 1.71. The van der Waals surface area contributed by atoms with Crippen molar-refractivity contribution in [3.8, 4) is 0 Å². The predicted octanol–water partition coefficient (Wildman–Crippen LogP) is 7.31. The summed E-state index contributed by atoms with van der Waals surface area (Å²) in [5.74, 6) is 0.229. The Hall–Kier alpha value is -2.78. The van der Waals surface area contributed by atoms with Crippen LogP contribution in [0.1, 0.15) is 49.9 Å². The summed E-state index contributed by atoms with van der Waals surface area (Å²) in [4.78, 5) is 17.7. The molecule has 0 unspecified atom stereocenters. The van der Waals surface area contributed by atoms with Crippen molar-refractivity contribution in [1.82, 2.24) is 0 Å². The van der Waals surface area contributed by atoms with Gasteiger partial charge in [0.1, 0.15) is 5.78 Å². The third-order valence-corrected chi connectivity index (χ3v) is 6.48. The first-order valence-corrected chi connectivity index (χ1v) is 11.1. The first kappa shape index (κ1) is 21.9. The SMILES string of the molecule is C=C(C)/N=C\C(=C/C)c1ccc(C(C)(C)C(=O)Cc2cccc3sccc23)c(C)c1. The monoisotopic (exact) mass is 415 g/mol. The molecule has 0 aliphatic carbocycles. The standard InChI is InChI=1S/C27H29NOS/c1-7-20(17-28-18(2)3)21-11-12-24(19(4)15-21)27(5,6)26(29)16-22-9-8-10-25-23(22)13-14-30-25/h7-15,17H,2,16H2,1,3-6H3/b20-7+,28-17-. The van der Waals surface area contributed by atoms with Gasteiger partial charge in [-0.15, -0.1) is 11.3 Å². The normalized spacial score (nSPS) is 12.6. The zero-order valence-corrected chi connectivity index (χ0v) is 19.3. The minimum atomic E-state index is -0.567. The van der Waals surface area contributed by atoms with E-state index < -0.39 is 5.41 Å². The summed E-state index contributed by atoms with van der Waals surface area (Å²) in [6.45, 7) is 13.8. The fraction of sp³-hybridized carbons (Fsp3) is 0.259. The first-order chi connectivity index (χ1) is 14.2. The summed E-state index contributed by atoms with van der Waals surface area (Å²) in [5, 5.41) is 3.27. The number of rotatable bonds is 7. The van der Waals surface area contributed by atoms with Crippen molar-refractivity contribution in [3.63, 3.8) is 0 Å². The average molecular weight is 416 g/mol. The minimum Gasteiger partial charge on any atom is -0.298 e. The largest absolute Gasteiger partial charge is 0.298 e. The zero-order valence-electron chi connectivity index (χ0n) is 18.5. The second-order valence-electron chi connectivity index (χ2n) is 8.24. The van der Waals surface area contributed by atoms with Gasteiger partial charge in [-0.25, -0.2) is 0 Å². The number of allylic oxidation sites excluding steroid dienone is 3. The number of benzene rings is 2. The quantitative estimate of drug-likeness (QED) is 0.372. The lowest BCUT2D eigenvalue weighted by atomic mass is 9.76. The molecule has 3 heteroatoms. The van der Waals surface area contributed by atoms with Crippen LogP contribution in [0.15, 0.2) is 71.2 Å². The molecule has 3 rings (SSSR count). The van der Waals surface area contributed by atoms with Gasteiger partial charge in [-0.1, -0.05) is 43.0 Å². The number of ketones is 1. The summed E-state index contributed by atoms with van der Waals surface area (Å²) in [6, 6.07) is 14.6. The molecule has 0 amide bonds. The maximum Gasteiger partial charge on any atom is 0.147 e. The number of fused-ring (bicyclic) bond motifs is 1. The highest BCUT2D eigenvalue weighted by molar-refractivity contribution is 7.17. The van der Waals surface area contributed by atoms with Crippen LogP contribution in [-0.2, 0) is 16.6 Å². The van der Waals surface area contributed by atoms with E-state index in [0.717, 1.165) is 33.5 Å². The molecule has 3 aromatic rings. The number of hydrogen-bond acceptors (Lipinski definition) is 3. The minimum absolute atomic E-state index is 0.229. The fourth-order valence-electron chi connectivity index (χ4n) is 3.80. The molecule has 2 aromatic carbocycles. The number of carbonyl (C=O) groups is 1. The molecule has 0 saturated carbocycles. The number of hydrogen-bond donors (Lipinski definition) is 0. The van der Waals surface area contributed by atoms with Crippen LogP contribution >= 0.6 is 11.3 Å². The molecule has 154 valence electrons. The van der Waals surface area contributed by atoms with Gasteiger partial charge in [0.25, 0.3) is 0 Å². The molecule has 30 heavy (non-hydrogen) atoms. The van der Waals surface area contributed by atoms with Gasteiger partial charge >= 0.3 is 0 Å². The number of carbonyl (C=O) groups excluding carboxylic acids is 1. The Morgan fingerprint density at radius 1 is 1.20 bits per heavy atom. The van der Waals surface area contributed by atoms with E-state index in [-0.39, 0.29) is 5.78 Å². The third kappa shape index (κ3) is 4.52. The van der Waals surface area contributed by atoms with E-state index in [1.54, 1.807) is 11.3 Å². The lowest BCUT2D eigenvalue weighted by Crippen LogP contribution is -2.31. The van der Waals surface area contributed by atoms with Gasteiger partial charge in [-0.05, 0) is 85.3 Å². The van der Waals surface area contributed by atoms with E-state index in [1.807, 2.05) is 46.1 Å². The Labute approximate surface area is 183 Å². The van der Waals surface area contributed by atoms with Crippen LogP contribution in [0, 0.1) is 6.92 Å². The maximum atomic E-state index is 13.4. The van der Waals surface area contributed by atoms with E-state index >= 15 is 0 Å². The molecule has 0 N–H and O–H groups in total. The molecule has 1 aromatic heterocycles. The van der Waals surface area contributed by atoms with Crippen molar-refractivity contribution in [2.24, 2.45) is 4.99 Å². The van der Waals surface area contributed by atoms with E-state index in [4.69, 9.17) is 0 Å². The number of aliphatic imine (C=N–C) groups is 1. The smallest absolute Gasteiger partial charge is 0.147 e. The van der Waals surface area contributed by atoms with Gasteiger partial charge in [0.15, 0.2) is 0 Å². The van der Waals surface area contributed by atoms with Crippen LogP contribution < -0.4 is 0 Å². The Morgan fingerprint density at radius 2 is 1.97 bits per heavy atom. The van der Waals surface area contributed by atoms with Gasteiger partial charge in [0.2, 0.25) is 0 Å². The molecule has 0 fully saturated rings. The van der Waals surface area contributed by atoms with Crippen LogP contribution in [0.3, 0.4) is 0 Å². The Balaban J connectivity index is 1.89. The molecule has 0 bridgehead atoms. The topological polar surface area (TPSA) is 29.4 Å². The summed E-state index contributed by atoms with van der Waals surface area (Å²) in [6.07, 6.45) is 4.32. The number of nitrogens with zero attached hydrogens (tertiary/aromatic N) is 1.